The van der Waals surface area contributed by atoms with Crippen molar-refractivity contribution in [3.63, 3.8) is 0 Å². The van der Waals surface area contributed by atoms with E-state index in [0.717, 1.165) is 11.3 Å². The molecular formula is C24H23NO5S. The molecule has 3 aromatic rings. The lowest BCUT2D eigenvalue weighted by atomic mass is 10.2. The van der Waals surface area contributed by atoms with Crippen LogP contribution in [0.15, 0.2) is 77.7 Å². The van der Waals surface area contributed by atoms with Gasteiger partial charge in [-0.25, -0.2) is 4.79 Å². The first-order valence-corrected chi connectivity index (χ1v) is 10.5. The van der Waals surface area contributed by atoms with Gasteiger partial charge in [0.15, 0.2) is 0 Å². The molecule has 0 aliphatic heterocycles. The molecule has 3 aromatic carbocycles. The van der Waals surface area contributed by atoms with E-state index in [2.05, 4.69) is 5.32 Å². The molecule has 1 N–H and O–H groups in total. The van der Waals surface area contributed by atoms with Gasteiger partial charge in [0, 0.05) is 16.6 Å². The Morgan fingerprint density at radius 3 is 2.35 bits per heavy atom. The second kappa shape index (κ2) is 11.1. The van der Waals surface area contributed by atoms with Gasteiger partial charge >= 0.3 is 5.97 Å². The molecule has 0 aliphatic carbocycles. The first kappa shape index (κ1) is 22.2. The average molecular weight is 438 g/mol. The first-order valence-electron chi connectivity index (χ1n) is 9.55. The van der Waals surface area contributed by atoms with Crippen LogP contribution in [0.5, 0.6) is 11.5 Å². The largest absolute Gasteiger partial charge is 0.497 e. The Bertz CT molecular complexity index is 1040. The van der Waals surface area contributed by atoms with Crippen molar-refractivity contribution in [1.29, 1.82) is 0 Å². The summed E-state index contributed by atoms with van der Waals surface area (Å²) in [7, 11) is 3.17. The zero-order chi connectivity index (χ0) is 22.1. The molecule has 6 nitrogen and oxygen atoms in total. The monoisotopic (exact) mass is 437 g/mol. The van der Waals surface area contributed by atoms with Crippen molar-refractivity contribution in [2.45, 2.75) is 11.5 Å². The SMILES string of the molecule is COc1ccc(COC(=O)c2ccccc2SCC(=O)Nc2cccc(OC)c2)cc1. The molecule has 0 aliphatic rings. The highest BCUT2D eigenvalue weighted by Gasteiger charge is 2.14. The summed E-state index contributed by atoms with van der Waals surface area (Å²) in [6.45, 7) is 0.151. The topological polar surface area (TPSA) is 73.9 Å². The highest BCUT2D eigenvalue weighted by atomic mass is 32.2. The van der Waals surface area contributed by atoms with Crippen LogP contribution < -0.4 is 14.8 Å². The molecule has 0 radical (unpaired) electrons. The third kappa shape index (κ3) is 6.52. The van der Waals surface area contributed by atoms with Crippen molar-refractivity contribution in [2.75, 3.05) is 25.3 Å². The molecular weight excluding hydrogens is 414 g/mol. The third-order valence-corrected chi connectivity index (χ3v) is 5.42. The molecule has 31 heavy (non-hydrogen) atoms. The van der Waals surface area contributed by atoms with E-state index in [0.29, 0.717) is 21.9 Å². The molecule has 160 valence electrons. The van der Waals surface area contributed by atoms with Gasteiger partial charge in [0.2, 0.25) is 5.91 Å². The summed E-state index contributed by atoms with van der Waals surface area (Å²) in [5, 5.41) is 2.83. The van der Waals surface area contributed by atoms with Gasteiger partial charge in [-0.1, -0.05) is 30.3 Å². The molecule has 1 amide bonds. The lowest BCUT2D eigenvalue weighted by Crippen LogP contribution is -2.14. The summed E-state index contributed by atoms with van der Waals surface area (Å²) in [5.74, 6) is 0.936. The molecule has 0 spiro atoms. The van der Waals surface area contributed by atoms with Crippen LogP contribution in [0, 0.1) is 0 Å². The summed E-state index contributed by atoms with van der Waals surface area (Å²) >= 11 is 1.28. The zero-order valence-corrected chi connectivity index (χ0v) is 18.1. The minimum Gasteiger partial charge on any atom is -0.497 e. The third-order valence-electron chi connectivity index (χ3n) is 4.35. The van der Waals surface area contributed by atoms with Gasteiger partial charge < -0.3 is 19.5 Å². The van der Waals surface area contributed by atoms with Crippen molar-refractivity contribution in [3.8, 4) is 11.5 Å². The fourth-order valence-corrected chi connectivity index (χ4v) is 3.59. The van der Waals surface area contributed by atoms with Gasteiger partial charge in [-0.3, -0.25) is 4.79 Å². The number of nitrogens with one attached hydrogen (secondary N) is 1. The summed E-state index contributed by atoms with van der Waals surface area (Å²) in [5.41, 5.74) is 1.93. The van der Waals surface area contributed by atoms with E-state index in [1.807, 2.05) is 30.3 Å². The number of hydrogen-bond donors (Lipinski definition) is 1. The fourth-order valence-electron chi connectivity index (χ4n) is 2.75. The second-order valence-corrected chi connectivity index (χ2v) is 7.51. The van der Waals surface area contributed by atoms with E-state index in [4.69, 9.17) is 14.2 Å². The lowest BCUT2D eigenvalue weighted by Gasteiger charge is -2.10. The number of benzene rings is 3. The van der Waals surface area contributed by atoms with Gasteiger partial charge in [-0.2, -0.15) is 0 Å². The number of hydrogen-bond acceptors (Lipinski definition) is 6. The fraction of sp³-hybridized carbons (Fsp3) is 0.167. The van der Waals surface area contributed by atoms with E-state index < -0.39 is 5.97 Å². The minimum absolute atomic E-state index is 0.151. The van der Waals surface area contributed by atoms with Crippen LogP contribution in [0.1, 0.15) is 15.9 Å². The molecule has 3 rings (SSSR count). The summed E-state index contributed by atoms with van der Waals surface area (Å²) < 4.78 is 15.7. The molecule has 0 heterocycles. The van der Waals surface area contributed by atoms with E-state index in [-0.39, 0.29) is 18.3 Å². The van der Waals surface area contributed by atoms with Crippen LogP contribution in [0.25, 0.3) is 0 Å². The number of carbonyl (C=O) groups excluding carboxylic acids is 2. The highest BCUT2D eigenvalue weighted by molar-refractivity contribution is 8.00. The van der Waals surface area contributed by atoms with Gasteiger partial charge in [0.05, 0.1) is 25.5 Å². The predicted molar refractivity (Wildman–Crippen MR) is 121 cm³/mol. The van der Waals surface area contributed by atoms with Gasteiger partial charge in [-0.05, 0) is 42.0 Å². The molecule has 0 unspecified atom stereocenters. The van der Waals surface area contributed by atoms with Crippen molar-refractivity contribution >= 4 is 29.3 Å². The second-order valence-electron chi connectivity index (χ2n) is 6.49. The molecule has 0 atom stereocenters. The van der Waals surface area contributed by atoms with Crippen molar-refractivity contribution in [1.82, 2.24) is 0 Å². The van der Waals surface area contributed by atoms with E-state index in [1.54, 1.807) is 56.7 Å². The van der Waals surface area contributed by atoms with Gasteiger partial charge in [0.25, 0.3) is 0 Å². The van der Waals surface area contributed by atoms with Crippen LogP contribution >= 0.6 is 11.8 Å². The van der Waals surface area contributed by atoms with E-state index >= 15 is 0 Å². The Balaban J connectivity index is 1.57. The standard InChI is InChI=1S/C24H23NO5S/c1-28-19-12-10-17(11-13-19)15-30-24(27)21-8-3-4-9-22(21)31-16-23(26)25-18-6-5-7-20(14-18)29-2/h3-14H,15-16H2,1-2H3,(H,25,26). The molecule has 0 saturated heterocycles. The van der Waals surface area contributed by atoms with Crippen LogP contribution in [-0.4, -0.2) is 31.8 Å². The van der Waals surface area contributed by atoms with E-state index in [1.165, 1.54) is 11.8 Å². The van der Waals surface area contributed by atoms with Crippen LogP contribution in [0.2, 0.25) is 0 Å². The average Bonchev–Trinajstić information content (AvgIpc) is 2.81. The summed E-state index contributed by atoms with van der Waals surface area (Å²) in [4.78, 5) is 25.6. The highest BCUT2D eigenvalue weighted by Crippen LogP contribution is 2.24. The maximum absolute atomic E-state index is 12.6. The maximum Gasteiger partial charge on any atom is 0.339 e. The number of esters is 1. The lowest BCUT2D eigenvalue weighted by molar-refractivity contribution is -0.113. The number of ether oxygens (including phenoxy) is 3. The number of carbonyl (C=O) groups is 2. The minimum atomic E-state index is -0.438. The number of thioether (sulfide) groups is 1. The molecule has 0 bridgehead atoms. The number of methoxy groups -OCH3 is 2. The smallest absolute Gasteiger partial charge is 0.339 e. The number of amides is 1. The number of rotatable bonds is 9. The Kier molecular flexibility index (Phi) is 7.95. The summed E-state index contributed by atoms with van der Waals surface area (Å²) in [6, 6.07) is 21.5. The Morgan fingerprint density at radius 2 is 1.61 bits per heavy atom. The van der Waals surface area contributed by atoms with Gasteiger partial charge in [-0.15, -0.1) is 11.8 Å². The van der Waals surface area contributed by atoms with Crippen molar-refractivity contribution in [3.05, 3.63) is 83.9 Å². The van der Waals surface area contributed by atoms with Crippen molar-refractivity contribution in [2.24, 2.45) is 0 Å². The van der Waals surface area contributed by atoms with Crippen molar-refractivity contribution < 1.29 is 23.8 Å². The Morgan fingerprint density at radius 1 is 0.871 bits per heavy atom. The quantitative estimate of drug-likeness (QED) is 0.383. The van der Waals surface area contributed by atoms with Crippen LogP contribution in [-0.2, 0) is 16.1 Å². The molecule has 0 aromatic heterocycles. The molecule has 0 fully saturated rings. The van der Waals surface area contributed by atoms with Crippen LogP contribution in [0.3, 0.4) is 0 Å². The van der Waals surface area contributed by atoms with Crippen LogP contribution in [0.4, 0.5) is 5.69 Å². The Labute approximate surface area is 185 Å². The zero-order valence-electron chi connectivity index (χ0n) is 17.3. The number of anilines is 1. The normalized spacial score (nSPS) is 10.3. The van der Waals surface area contributed by atoms with Gasteiger partial charge in [0.1, 0.15) is 18.1 Å². The predicted octanol–water partition coefficient (Wildman–Crippen LogP) is 4.79. The molecule has 7 heteroatoms. The summed E-state index contributed by atoms with van der Waals surface area (Å²) in [6.07, 6.45) is 0. The maximum atomic E-state index is 12.6. The first-order chi connectivity index (χ1) is 15.1. The Hall–Kier alpha value is -3.45. The molecule has 0 saturated carbocycles. The van der Waals surface area contributed by atoms with E-state index in [9.17, 15) is 9.59 Å².